The molecular weight excluding hydrogens is 212 g/mol. The number of hydrogen-bond donors (Lipinski definition) is 1. The monoisotopic (exact) mass is 242 g/mol. The molecule has 102 valence electrons. The van der Waals surface area contributed by atoms with Gasteiger partial charge in [-0.05, 0) is 47.1 Å². The minimum atomic E-state index is 0.382. The van der Waals surface area contributed by atoms with Crippen molar-refractivity contribution < 1.29 is 4.74 Å². The van der Waals surface area contributed by atoms with Crippen molar-refractivity contribution in [3.63, 3.8) is 0 Å². The molecule has 1 rings (SSSR count). The zero-order valence-corrected chi connectivity index (χ0v) is 12.2. The smallest absolute Gasteiger partial charge is 0.0674 e. The lowest BCUT2D eigenvalue weighted by Crippen LogP contribution is -2.52. The summed E-state index contributed by atoms with van der Waals surface area (Å²) in [6, 6.07) is 1.80. The SMILES string of the molecule is CCCNC(C)CC(C)N1CC(C)OCC1C. The van der Waals surface area contributed by atoms with Crippen molar-refractivity contribution in [3.05, 3.63) is 0 Å². The summed E-state index contributed by atoms with van der Waals surface area (Å²) in [5, 5.41) is 3.57. The molecule has 0 aliphatic carbocycles. The third-order valence-corrected chi connectivity index (χ3v) is 3.66. The normalized spacial score (nSPS) is 30.2. The molecule has 1 N–H and O–H groups in total. The maximum atomic E-state index is 5.68. The second-order valence-electron chi connectivity index (χ2n) is 5.63. The molecule has 3 nitrogen and oxygen atoms in total. The number of morpholine rings is 1. The van der Waals surface area contributed by atoms with Crippen LogP contribution in [0.3, 0.4) is 0 Å². The van der Waals surface area contributed by atoms with Crippen LogP contribution in [0, 0.1) is 0 Å². The van der Waals surface area contributed by atoms with Gasteiger partial charge in [-0.1, -0.05) is 6.92 Å². The van der Waals surface area contributed by atoms with E-state index < -0.39 is 0 Å². The molecular formula is C14H30N2O. The van der Waals surface area contributed by atoms with Crippen LogP contribution in [0.5, 0.6) is 0 Å². The van der Waals surface area contributed by atoms with Crippen LogP contribution < -0.4 is 5.32 Å². The molecule has 1 aliphatic rings. The van der Waals surface area contributed by atoms with E-state index in [1.807, 2.05) is 0 Å². The standard InChI is InChI=1S/C14H30N2O/c1-6-7-15-11(2)8-12(3)16-9-14(5)17-10-13(16)4/h11-15H,6-10H2,1-5H3. The molecule has 0 aromatic heterocycles. The minimum absolute atomic E-state index is 0.382. The highest BCUT2D eigenvalue weighted by Gasteiger charge is 2.27. The fourth-order valence-corrected chi connectivity index (χ4v) is 2.66. The summed E-state index contributed by atoms with van der Waals surface area (Å²) in [5.74, 6) is 0. The van der Waals surface area contributed by atoms with E-state index in [4.69, 9.17) is 4.74 Å². The lowest BCUT2D eigenvalue weighted by molar-refractivity contribution is -0.0652. The fraction of sp³-hybridized carbons (Fsp3) is 1.00. The number of ether oxygens (including phenoxy) is 1. The van der Waals surface area contributed by atoms with Crippen LogP contribution in [0.4, 0.5) is 0 Å². The van der Waals surface area contributed by atoms with E-state index in [-0.39, 0.29) is 0 Å². The molecule has 4 atom stereocenters. The van der Waals surface area contributed by atoms with Crippen LogP contribution in [0.15, 0.2) is 0 Å². The largest absolute Gasteiger partial charge is 0.376 e. The van der Waals surface area contributed by atoms with E-state index in [1.54, 1.807) is 0 Å². The Hall–Kier alpha value is -0.120. The zero-order chi connectivity index (χ0) is 12.8. The van der Waals surface area contributed by atoms with E-state index >= 15 is 0 Å². The van der Waals surface area contributed by atoms with Crippen LogP contribution in [0.1, 0.15) is 47.5 Å². The van der Waals surface area contributed by atoms with Gasteiger partial charge in [-0.2, -0.15) is 0 Å². The Bertz CT molecular complexity index is 210. The highest BCUT2D eigenvalue weighted by molar-refractivity contribution is 4.81. The lowest BCUT2D eigenvalue weighted by Gasteiger charge is -2.41. The van der Waals surface area contributed by atoms with E-state index in [0.717, 1.165) is 19.7 Å². The predicted molar refractivity (Wildman–Crippen MR) is 73.4 cm³/mol. The van der Waals surface area contributed by atoms with E-state index in [1.165, 1.54) is 12.8 Å². The van der Waals surface area contributed by atoms with Crippen molar-refractivity contribution in [2.24, 2.45) is 0 Å². The molecule has 0 aromatic rings. The summed E-state index contributed by atoms with van der Waals surface area (Å²) >= 11 is 0. The molecule has 1 heterocycles. The molecule has 0 aromatic carbocycles. The van der Waals surface area contributed by atoms with Gasteiger partial charge in [0, 0.05) is 24.7 Å². The van der Waals surface area contributed by atoms with Gasteiger partial charge in [-0.15, -0.1) is 0 Å². The number of hydrogen-bond acceptors (Lipinski definition) is 3. The van der Waals surface area contributed by atoms with Crippen molar-refractivity contribution >= 4 is 0 Å². The summed E-state index contributed by atoms with van der Waals surface area (Å²) in [6.45, 7) is 14.4. The summed E-state index contributed by atoms with van der Waals surface area (Å²) in [5.41, 5.74) is 0. The van der Waals surface area contributed by atoms with Crippen molar-refractivity contribution in [2.45, 2.75) is 71.7 Å². The molecule has 0 spiro atoms. The van der Waals surface area contributed by atoms with Gasteiger partial charge < -0.3 is 10.1 Å². The second-order valence-corrected chi connectivity index (χ2v) is 5.63. The molecule has 1 saturated heterocycles. The molecule has 0 amide bonds. The molecule has 1 fully saturated rings. The Kier molecular flexibility index (Phi) is 6.45. The number of rotatable bonds is 6. The van der Waals surface area contributed by atoms with Crippen LogP contribution >= 0.6 is 0 Å². The molecule has 17 heavy (non-hydrogen) atoms. The van der Waals surface area contributed by atoms with E-state index in [9.17, 15) is 0 Å². The van der Waals surface area contributed by atoms with Crippen LogP contribution in [-0.4, -0.2) is 48.8 Å². The Balaban J connectivity index is 2.36. The Morgan fingerprint density at radius 2 is 2.06 bits per heavy atom. The topological polar surface area (TPSA) is 24.5 Å². The van der Waals surface area contributed by atoms with Crippen LogP contribution in [0.2, 0.25) is 0 Å². The summed E-state index contributed by atoms with van der Waals surface area (Å²) in [7, 11) is 0. The van der Waals surface area contributed by atoms with Crippen LogP contribution in [0.25, 0.3) is 0 Å². The van der Waals surface area contributed by atoms with Gasteiger partial charge in [0.2, 0.25) is 0 Å². The Labute approximate surface area is 107 Å². The van der Waals surface area contributed by atoms with Gasteiger partial charge >= 0.3 is 0 Å². The first-order chi connectivity index (χ1) is 8.04. The minimum Gasteiger partial charge on any atom is -0.376 e. The average molecular weight is 242 g/mol. The van der Waals surface area contributed by atoms with Gasteiger partial charge in [0.25, 0.3) is 0 Å². The van der Waals surface area contributed by atoms with Crippen LogP contribution in [-0.2, 0) is 4.74 Å². The predicted octanol–water partition coefficient (Wildman–Crippen LogP) is 2.26. The van der Waals surface area contributed by atoms with Crippen molar-refractivity contribution in [1.82, 2.24) is 10.2 Å². The highest BCUT2D eigenvalue weighted by Crippen LogP contribution is 2.17. The zero-order valence-electron chi connectivity index (χ0n) is 12.2. The number of nitrogens with zero attached hydrogens (tertiary/aromatic N) is 1. The third kappa shape index (κ3) is 4.94. The van der Waals surface area contributed by atoms with Gasteiger partial charge in [0.15, 0.2) is 0 Å². The highest BCUT2D eigenvalue weighted by atomic mass is 16.5. The molecule has 4 unspecified atom stereocenters. The van der Waals surface area contributed by atoms with Crippen molar-refractivity contribution in [1.29, 1.82) is 0 Å². The summed E-state index contributed by atoms with van der Waals surface area (Å²) in [6.07, 6.45) is 2.81. The van der Waals surface area contributed by atoms with Gasteiger partial charge in [-0.3, -0.25) is 4.90 Å². The second kappa shape index (κ2) is 7.34. The van der Waals surface area contributed by atoms with Crippen molar-refractivity contribution in [2.75, 3.05) is 19.7 Å². The first-order valence-electron chi connectivity index (χ1n) is 7.15. The van der Waals surface area contributed by atoms with E-state index in [2.05, 4.69) is 44.8 Å². The Morgan fingerprint density at radius 3 is 2.71 bits per heavy atom. The first kappa shape index (κ1) is 14.9. The third-order valence-electron chi connectivity index (χ3n) is 3.66. The fourth-order valence-electron chi connectivity index (χ4n) is 2.66. The van der Waals surface area contributed by atoms with Gasteiger partial charge in [-0.25, -0.2) is 0 Å². The van der Waals surface area contributed by atoms with Gasteiger partial charge in [0.05, 0.1) is 12.7 Å². The van der Waals surface area contributed by atoms with E-state index in [0.29, 0.717) is 24.2 Å². The van der Waals surface area contributed by atoms with Gasteiger partial charge in [0.1, 0.15) is 0 Å². The maximum absolute atomic E-state index is 5.68. The molecule has 1 aliphatic heterocycles. The average Bonchev–Trinajstić information content (AvgIpc) is 2.29. The molecule has 0 radical (unpaired) electrons. The quantitative estimate of drug-likeness (QED) is 0.773. The maximum Gasteiger partial charge on any atom is 0.0674 e. The summed E-state index contributed by atoms with van der Waals surface area (Å²) < 4.78 is 5.68. The lowest BCUT2D eigenvalue weighted by atomic mass is 10.0. The molecule has 3 heteroatoms. The molecule has 0 bridgehead atoms. The first-order valence-corrected chi connectivity index (χ1v) is 7.15. The Morgan fingerprint density at radius 1 is 1.35 bits per heavy atom. The summed E-state index contributed by atoms with van der Waals surface area (Å²) in [4.78, 5) is 2.60. The van der Waals surface area contributed by atoms with Crippen molar-refractivity contribution in [3.8, 4) is 0 Å². The number of nitrogens with one attached hydrogen (secondary N) is 1. The molecule has 0 saturated carbocycles.